The number of anilines is 1. The molecule has 0 fully saturated rings. The van der Waals surface area contributed by atoms with Crippen LogP contribution in [0.1, 0.15) is 17.0 Å². The van der Waals surface area contributed by atoms with Crippen LogP contribution in [0.3, 0.4) is 0 Å². The molecule has 1 aliphatic heterocycles. The van der Waals surface area contributed by atoms with Crippen molar-refractivity contribution in [2.75, 3.05) is 18.4 Å². The van der Waals surface area contributed by atoms with E-state index in [9.17, 15) is 4.79 Å². The van der Waals surface area contributed by atoms with Crippen LogP contribution in [-0.2, 0) is 4.79 Å². The Hall–Kier alpha value is -3.41. The molecule has 0 saturated heterocycles. The number of ether oxygens (including phenoxy) is 1. The van der Waals surface area contributed by atoms with E-state index >= 15 is 0 Å². The summed E-state index contributed by atoms with van der Waals surface area (Å²) in [5.41, 5.74) is 1.76. The molecule has 1 aromatic heterocycles. The third-order valence-electron chi connectivity index (χ3n) is 4.24. The molecule has 1 amide bonds. The van der Waals surface area contributed by atoms with Gasteiger partial charge in [-0.3, -0.25) is 9.78 Å². The van der Waals surface area contributed by atoms with Crippen LogP contribution in [0, 0.1) is 0 Å². The summed E-state index contributed by atoms with van der Waals surface area (Å²) in [4.78, 5) is 21.1. The molecule has 6 heteroatoms. The number of aromatic nitrogens is 2. The van der Waals surface area contributed by atoms with E-state index in [0.29, 0.717) is 18.9 Å². The lowest BCUT2D eigenvalue weighted by Crippen LogP contribution is -2.34. The molecule has 0 aliphatic carbocycles. The van der Waals surface area contributed by atoms with Crippen molar-refractivity contribution >= 4 is 11.7 Å². The maximum Gasteiger partial charge on any atom is 0.232 e. The first kappa shape index (κ1) is 16.1. The highest BCUT2D eigenvalue weighted by molar-refractivity contribution is 5.89. The first-order chi connectivity index (χ1) is 12.8. The standard InChI is InChI=1S/C20H18N4O2/c25-20(24-12-11-23-18-13-21-9-10-22-18)19-14-5-1-3-7-16(14)26-17-8-4-2-6-15(17)19/h1-10,13,19H,11-12H2,(H,22,23)(H,24,25). The Kier molecular flexibility index (Phi) is 4.47. The fourth-order valence-electron chi connectivity index (χ4n) is 3.06. The van der Waals surface area contributed by atoms with Crippen molar-refractivity contribution in [3.05, 3.63) is 78.2 Å². The smallest absolute Gasteiger partial charge is 0.232 e. The summed E-state index contributed by atoms with van der Waals surface area (Å²) >= 11 is 0. The van der Waals surface area contributed by atoms with Crippen LogP contribution in [0.5, 0.6) is 11.5 Å². The normalized spacial score (nSPS) is 12.5. The van der Waals surface area contributed by atoms with E-state index in [1.54, 1.807) is 18.6 Å². The summed E-state index contributed by atoms with van der Waals surface area (Å²) in [7, 11) is 0. The molecule has 26 heavy (non-hydrogen) atoms. The molecule has 1 aliphatic rings. The summed E-state index contributed by atoms with van der Waals surface area (Å²) in [6.07, 6.45) is 4.89. The molecule has 130 valence electrons. The minimum Gasteiger partial charge on any atom is -0.457 e. The molecule has 2 heterocycles. The summed E-state index contributed by atoms with van der Waals surface area (Å²) < 4.78 is 5.93. The maximum atomic E-state index is 12.9. The molecule has 0 unspecified atom stereocenters. The third-order valence-corrected chi connectivity index (χ3v) is 4.24. The second-order valence-corrected chi connectivity index (χ2v) is 5.92. The number of nitrogens with zero attached hydrogens (tertiary/aromatic N) is 2. The average molecular weight is 346 g/mol. The number of rotatable bonds is 5. The van der Waals surface area contributed by atoms with E-state index in [1.807, 2.05) is 48.5 Å². The molecular weight excluding hydrogens is 328 g/mol. The fourth-order valence-corrected chi connectivity index (χ4v) is 3.06. The van der Waals surface area contributed by atoms with Gasteiger partial charge >= 0.3 is 0 Å². The Morgan fingerprint density at radius 2 is 1.65 bits per heavy atom. The zero-order chi connectivity index (χ0) is 17.8. The number of hydrogen-bond donors (Lipinski definition) is 2. The number of nitrogens with one attached hydrogen (secondary N) is 2. The minimum atomic E-state index is -0.382. The van der Waals surface area contributed by atoms with Gasteiger partial charge in [-0.1, -0.05) is 36.4 Å². The van der Waals surface area contributed by atoms with Crippen molar-refractivity contribution in [1.82, 2.24) is 15.3 Å². The van der Waals surface area contributed by atoms with Gasteiger partial charge in [0, 0.05) is 36.6 Å². The molecule has 0 spiro atoms. The second kappa shape index (κ2) is 7.23. The van der Waals surface area contributed by atoms with Gasteiger partial charge in [-0.2, -0.15) is 0 Å². The van der Waals surface area contributed by atoms with Crippen LogP contribution in [0.15, 0.2) is 67.1 Å². The van der Waals surface area contributed by atoms with E-state index in [4.69, 9.17) is 4.74 Å². The number of carbonyl (C=O) groups excluding carboxylic acids is 1. The van der Waals surface area contributed by atoms with Crippen molar-refractivity contribution in [1.29, 1.82) is 0 Å². The fraction of sp³-hybridized carbons (Fsp3) is 0.150. The lowest BCUT2D eigenvalue weighted by atomic mass is 9.87. The van der Waals surface area contributed by atoms with Gasteiger partial charge in [0.25, 0.3) is 0 Å². The van der Waals surface area contributed by atoms with E-state index in [2.05, 4.69) is 20.6 Å². The monoisotopic (exact) mass is 346 g/mol. The van der Waals surface area contributed by atoms with Crippen LogP contribution in [0.25, 0.3) is 0 Å². The van der Waals surface area contributed by atoms with Gasteiger partial charge in [-0.15, -0.1) is 0 Å². The van der Waals surface area contributed by atoms with Gasteiger partial charge in [-0.05, 0) is 12.1 Å². The van der Waals surface area contributed by atoms with Crippen LogP contribution in [0.4, 0.5) is 5.82 Å². The van der Waals surface area contributed by atoms with Crippen LogP contribution >= 0.6 is 0 Å². The zero-order valence-electron chi connectivity index (χ0n) is 14.1. The lowest BCUT2D eigenvalue weighted by Gasteiger charge is -2.27. The van der Waals surface area contributed by atoms with E-state index in [1.165, 1.54) is 0 Å². The van der Waals surface area contributed by atoms with Gasteiger partial charge in [0.2, 0.25) is 5.91 Å². The Labute approximate surface area is 151 Å². The van der Waals surface area contributed by atoms with Crippen LogP contribution in [0.2, 0.25) is 0 Å². The number of amides is 1. The van der Waals surface area contributed by atoms with Crippen molar-refractivity contribution in [3.8, 4) is 11.5 Å². The van der Waals surface area contributed by atoms with Crippen molar-refractivity contribution in [3.63, 3.8) is 0 Å². The van der Waals surface area contributed by atoms with Crippen molar-refractivity contribution in [2.45, 2.75) is 5.92 Å². The first-order valence-electron chi connectivity index (χ1n) is 8.46. The van der Waals surface area contributed by atoms with E-state index < -0.39 is 0 Å². The topological polar surface area (TPSA) is 76.1 Å². The molecule has 2 aromatic carbocycles. The maximum absolute atomic E-state index is 12.9. The molecule has 6 nitrogen and oxygen atoms in total. The largest absolute Gasteiger partial charge is 0.457 e. The molecule has 4 rings (SSSR count). The molecule has 0 saturated carbocycles. The Morgan fingerprint density at radius 1 is 0.962 bits per heavy atom. The highest BCUT2D eigenvalue weighted by atomic mass is 16.5. The quantitative estimate of drug-likeness (QED) is 0.695. The number of hydrogen-bond acceptors (Lipinski definition) is 5. The Bertz CT molecular complexity index is 869. The predicted octanol–water partition coefficient (Wildman–Crippen LogP) is 2.94. The number of benzene rings is 2. The lowest BCUT2D eigenvalue weighted by molar-refractivity contribution is -0.121. The summed E-state index contributed by atoms with van der Waals surface area (Å²) in [5.74, 6) is 1.71. The van der Waals surface area contributed by atoms with Crippen LogP contribution < -0.4 is 15.4 Å². The van der Waals surface area contributed by atoms with Crippen molar-refractivity contribution in [2.24, 2.45) is 0 Å². The summed E-state index contributed by atoms with van der Waals surface area (Å²) in [5, 5.41) is 6.13. The van der Waals surface area contributed by atoms with Gasteiger partial charge in [0.15, 0.2) is 0 Å². The highest BCUT2D eigenvalue weighted by Crippen LogP contribution is 2.43. The van der Waals surface area contributed by atoms with Crippen LogP contribution in [-0.4, -0.2) is 29.0 Å². The van der Waals surface area contributed by atoms with Gasteiger partial charge in [-0.25, -0.2) is 4.98 Å². The molecule has 0 bridgehead atoms. The minimum absolute atomic E-state index is 0.0471. The highest BCUT2D eigenvalue weighted by Gasteiger charge is 2.31. The van der Waals surface area contributed by atoms with E-state index in [-0.39, 0.29) is 11.8 Å². The van der Waals surface area contributed by atoms with Gasteiger partial charge in [0.05, 0.1) is 12.1 Å². The SMILES string of the molecule is O=C(NCCNc1cnccn1)C1c2ccccc2Oc2ccccc21. The number of fused-ring (bicyclic) bond motifs is 2. The van der Waals surface area contributed by atoms with Gasteiger partial charge in [0.1, 0.15) is 17.3 Å². The number of para-hydroxylation sites is 2. The Morgan fingerprint density at radius 3 is 2.31 bits per heavy atom. The van der Waals surface area contributed by atoms with Gasteiger partial charge < -0.3 is 15.4 Å². The average Bonchev–Trinajstić information content (AvgIpc) is 2.70. The predicted molar refractivity (Wildman–Crippen MR) is 98.3 cm³/mol. The summed E-state index contributed by atoms with van der Waals surface area (Å²) in [6, 6.07) is 15.3. The molecule has 2 N–H and O–H groups in total. The second-order valence-electron chi connectivity index (χ2n) is 5.92. The number of carbonyl (C=O) groups is 1. The molecule has 3 aromatic rings. The first-order valence-corrected chi connectivity index (χ1v) is 8.46. The van der Waals surface area contributed by atoms with E-state index in [0.717, 1.165) is 22.6 Å². The Balaban J connectivity index is 1.47. The zero-order valence-corrected chi connectivity index (χ0v) is 14.1. The molecule has 0 atom stereocenters. The third kappa shape index (κ3) is 3.21. The summed E-state index contributed by atoms with van der Waals surface area (Å²) in [6.45, 7) is 1.05. The molecule has 0 radical (unpaired) electrons. The molecular formula is C20H18N4O2. The van der Waals surface area contributed by atoms with Crippen molar-refractivity contribution < 1.29 is 9.53 Å².